The maximum absolute atomic E-state index is 11.9. The number of alkyl halides is 3. The second kappa shape index (κ2) is 5.82. The van der Waals surface area contributed by atoms with Crippen molar-refractivity contribution in [2.45, 2.75) is 12.4 Å². The summed E-state index contributed by atoms with van der Waals surface area (Å²) in [6.07, 6.45) is 0. The molecular weight excluding hydrogens is 303 g/mol. The summed E-state index contributed by atoms with van der Waals surface area (Å²) in [5.41, 5.74) is -2.28. The highest BCUT2D eigenvalue weighted by atomic mass is 79.9. The van der Waals surface area contributed by atoms with Crippen molar-refractivity contribution < 1.29 is 13.2 Å². The van der Waals surface area contributed by atoms with E-state index in [1.807, 2.05) is 25.1 Å². The molecule has 1 N–H and O–H groups in total. The van der Waals surface area contributed by atoms with Crippen LogP contribution in [0.1, 0.15) is 5.56 Å². The number of halogens is 4. The van der Waals surface area contributed by atoms with Gasteiger partial charge in [0.05, 0.1) is 0 Å². The van der Waals surface area contributed by atoms with Crippen LogP contribution in [-0.2, 0) is 0 Å². The summed E-state index contributed by atoms with van der Waals surface area (Å²) in [4.78, 5) is 0. The molecule has 0 amide bonds. The number of hydrogen-bond acceptors (Lipinski definition) is 2. The van der Waals surface area contributed by atoms with E-state index in [1.54, 1.807) is 0 Å². The molecule has 0 aliphatic heterocycles. The molecule has 0 heterocycles. The molecule has 1 aromatic carbocycles. The normalized spacial score (nSPS) is 11.6. The maximum Gasteiger partial charge on any atom is 0.441 e. The maximum atomic E-state index is 11.9. The van der Waals surface area contributed by atoms with E-state index in [2.05, 4.69) is 21.2 Å². The Morgan fingerprint density at radius 2 is 2.06 bits per heavy atom. The first-order valence-electron chi connectivity index (χ1n) is 4.60. The Morgan fingerprint density at radius 1 is 1.38 bits per heavy atom. The standard InChI is InChI=1S/C10H11BrF3NS/c1-7-3-2-4-8(9(7)11)15-5-6-16-10(12,13)14/h2-4,15H,5-6H2,1H3. The minimum atomic E-state index is -4.15. The van der Waals surface area contributed by atoms with E-state index in [4.69, 9.17) is 0 Å². The Kier molecular flexibility index (Phi) is 4.98. The molecule has 1 rings (SSSR count). The molecule has 6 heteroatoms. The van der Waals surface area contributed by atoms with Gasteiger partial charge in [-0.1, -0.05) is 12.1 Å². The molecule has 0 atom stereocenters. The Labute approximate surface area is 105 Å². The van der Waals surface area contributed by atoms with Crippen molar-refractivity contribution in [2.24, 2.45) is 0 Å². The van der Waals surface area contributed by atoms with Crippen LogP contribution in [0.5, 0.6) is 0 Å². The third-order valence-electron chi connectivity index (χ3n) is 1.88. The fourth-order valence-electron chi connectivity index (χ4n) is 1.14. The summed E-state index contributed by atoms with van der Waals surface area (Å²) in [5.74, 6) is 0.00385. The van der Waals surface area contributed by atoms with Crippen molar-refractivity contribution in [1.29, 1.82) is 0 Å². The number of nitrogens with one attached hydrogen (secondary N) is 1. The van der Waals surface area contributed by atoms with Crippen LogP contribution in [0.3, 0.4) is 0 Å². The Balaban J connectivity index is 2.41. The first-order chi connectivity index (χ1) is 7.40. The third-order valence-corrected chi connectivity index (χ3v) is 3.66. The van der Waals surface area contributed by atoms with Gasteiger partial charge in [0, 0.05) is 22.5 Å². The number of rotatable bonds is 4. The summed E-state index contributed by atoms with van der Waals surface area (Å²) >= 11 is 3.37. The van der Waals surface area contributed by atoms with Crippen molar-refractivity contribution in [3.05, 3.63) is 28.2 Å². The molecule has 0 radical (unpaired) electrons. The summed E-state index contributed by atoms with van der Waals surface area (Å²) in [6, 6.07) is 5.62. The fraction of sp³-hybridized carbons (Fsp3) is 0.400. The van der Waals surface area contributed by atoms with Gasteiger partial charge in [0.1, 0.15) is 0 Å². The highest BCUT2D eigenvalue weighted by Crippen LogP contribution is 2.30. The average Bonchev–Trinajstić information content (AvgIpc) is 2.17. The number of aryl methyl sites for hydroxylation is 1. The number of benzene rings is 1. The van der Waals surface area contributed by atoms with E-state index < -0.39 is 5.51 Å². The van der Waals surface area contributed by atoms with Crippen molar-refractivity contribution in [1.82, 2.24) is 0 Å². The van der Waals surface area contributed by atoms with Crippen LogP contribution >= 0.6 is 27.7 Å². The minimum Gasteiger partial charge on any atom is -0.383 e. The molecule has 90 valence electrons. The third kappa shape index (κ3) is 4.65. The van der Waals surface area contributed by atoms with E-state index in [-0.39, 0.29) is 24.1 Å². The molecule has 1 nitrogen and oxygen atoms in total. The lowest BCUT2D eigenvalue weighted by Gasteiger charge is -2.10. The molecule has 0 bridgehead atoms. The Hall–Kier alpha value is -0.360. The number of anilines is 1. The van der Waals surface area contributed by atoms with Crippen molar-refractivity contribution >= 4 is 33.4 Å². The van der Waals surface area contributed by atoms with Gasteiger partial charge >= 0.3 is 5.51 Å². The van der Waals surface area contributed by atoms with Crippen LogP contribution < -0.4 is 5.32 Å². The number of thioether (sulfide) groups is 1. The van der Waals surface area contributed by atoms with Crippen LogP contribution in [0, 0.1) is 6.92 Å². The zero-order chi connectivity index (χ0) is 12.2. The van der Waals surface area contributed by atoms with Gasteiger partial charge < -0.3 is 5.32 Å². The van der Waals surface area contributed by atoms with Gasteiger partial charge in [-0.3, -0.25) is 0 Å². The highest BCUT2D eigenvalue weighted by molar-refractivity contribution is 9.10. The van der Waals surface area contributed by atoms with Gasteiger partial charge in [0.15, 0.2) is 0 Å². The molecule has 0 fully saturated rings. The molecular formula is C10H11BrF3NS. The second-order valence-corrected chi connectivity index (χ2v) is 5.11. The van der Waals surface area contributed by atoms with E-state index in [0.717, 1.165) is 15.7 Å². The Morgan fingerprint density at radius 3 is 2.69 bits per heavy atom. The predicted molar refractivity (Wildman–Crippen MR) is 65.9 cm³/mol. The molecule has 1 aromatic rings. The van der Waals surface area contributed by atoms with E-state index in [1.165, 1.54) is 0 Å². The fourth-order valence-corrected chi connectivity index (χ4v) is 1.98. The van der Waals surface area contributed by atoms with E-state index in [9.17, 15) is 13.2 Å². The van der Waals surface area contributed by atoms with Gasteiger partial charge in [0.2, 0.25) is 0 Å². The number of hydrogen-bond donors (Lipinski definition) is 1. The van der Waals surface area contributed by atoms with Crippen LogP contribution in [0.4, 0.5) is 18.9 Å². The molecule has 0 aliphatic carbocycles. The summed E-state index contributed by atoms with van der Waals surface area (Å²) in [6.45, 7) is 2.21. The van der Waals surface area contributed by atoms with Gasteiger partial charge in [0.25, 0.3) is 0 Å². The van der Waals surface area contributed by atoms with Gasteiger partial charge in [-0.05, 0) is 46.2 Å². The van der Waals surface area contributed by atoms with Gasteiger partial charge in [-0.25, -0.2) is 0 Å². The quantitative estimate of drug-likeness (QED) is 0.826. The van der Waals surface area contributed by atoms with Crippen molar-refractivity contribution in [3.8, 4) is 0 Å². The van der Waals surface area contributed by atoms with Crippen molar-refractivity contribution in [3.63, 3.8) is 0 Å². The van der Waals surface area contributed by atoms with E-state index >= 15 is 0 Å². The molecule has 0 aromatic heterocycles. The minimum absolute atomic E-state index is 0.00385. The van der Waals surface area contributed by atoms with E-state index in [0.29, 0.717) is 0 Å². The lowest BCUT2D eigenvalue weighted by Crippen LogP contribution is -2.09. The first kappa shape index (κ1) is 13.7. The molecule has 0 saturated heterocycles. The van der Waals surface area contributed by atoms with Crippen LogP contribution in [0.2, 0.25) is 0 Å². The topological polar surface area (TPSA) is 12.0 Å². The van der Waals surface area contributed by atoms with Gasteiger partial charge in [-0.15, -0.1) is 0 Å². The molecule has 0 aliphatic rings. The monoisotopic (exact) mass is 313 g/mol. The van der Waals surface area contributed by atoms with Crippen molar-refractivity contribution in [2.75, 3.05) is 17.6 Å². The average molecular weight is 314 g/mol. The Bertz CT molecular complexity index is 354. The lowest BCUT2D eigenvalue weighted by molar-refractivity contribution is -0.0327. The molecule has 0 saturated carbocycles. The molecule has 0 unspecified atom stereocenters. The first-order valence-corrected chi connectivity index (χ1v) is 6.37. The zero-order valence-electron chi connectivity index (χ0n) is 8.57. The predicted octanol–water partition coefficient (Wildman–Crippen LogP) is 4.42. The zero-order valence-corrected chi connectivity index (χ0v) is 11.0. The summed E-state index contributed by atoms with van der Waals surface area (Å²) in [7, 11) is 0. The SMILES string of the molecule is Cc1cccc(NCCSC(F)(F)F)c1Br. The van der Waals surface area contributed by atoms with Crippen LogP contribution in [0.15, 0.2) is 22.7 Å². The molecule has 16 heavy (non-hydrogen) atoms. The largest absolute Gasteiger partial charge is 0.441 e. The lowest BCUT2D eigenvalue weighted by atomic mass is 10.2. The van der Waals surface area contributed by atoms with Crippen LogP contribution in [-0.4, -0.2) is 17.8 Å². The smallest absolute Gasteiger partial charge is 0.383 e. The summed E-state index contributed by atoms with van der Waals surface area (Å²) < 4.78 is 36.4. The van der Waals surface area contributed by atoms with Crippen LogP contribution in [0.25, 0.3) is 0 Å². The summed E-state index contributed by atoms with van der Waals surface area (Å²) in [5, 5.41) is 2.96. The highest BCUT2D eigenvalue weighted by Gasteiger charge is 2.27. The molecule has 0 spiro atoms. The van der Waals surface area contributed by atoms with Gasteiger partial charge in [-0.2, -0.15) is 13.2 Å². The second-order valence-electron chi connectivity index (χ2n) is 3.16.